The van der Waals surface area contributed by atoms with Gasteiger partial charge in [-0.3, -0.25) is 4.79 Å². The van der Waals surface area contributed by atoms with Gasteiger partial charge in [-0.2, -0.15) is 0 Å². The predicted molar refractivity (Wildman–Crippen MR) is 92.2 cm³/mol. The molecule has 1 amide bonds. The zero-order valence-corrected chi connectivity index (χ0v) is 14.4. The fourth-order valence-corrected chi connectivity index (χ4v) is 4.93. The van der Waals surface area contributed by atoms with Gasteiger partial charge in [0.2, 0.25) is 0 Å². The standard InChI is InChI=1S/C18H26N2O2S/c21-18(20-13-3-1-2-4-13)12-9-17(23-11-12)15-10-16(15)19-14-5-7-22-8-6-14/h9,11,13-16,19H,1-8,10H2,(H,20,21)/t15-,16+/m0/s1. The Labute approximate surface area is 142 Å². The Bertz CT molecular complexity index is 547. The summed E-state index contributed by atoms with van der Waals surface area (Å²) in [7, 11) is 0. The molecule has 0 unspecified atom stereocenters. The van der Waals surface area contributed by atoms with Crippen LogP contribution in [-0.2, 0) is 4.74 Å². The third kappa shape index (κ3) is 3.78. The summed E-state index contributed by atoms with van der Waals surface area (Å²) in [5, 5.41) is 8.98. The molecule has 0 radical (unpaired) electrons. The third-order valence-electron chi connectivity index (χ3n) is 5.40. The van der Waals surface area contributed by atoms with Crippen molar-refractivity contribution in [1.82, 2.24) is 10.6 Å². The maximum Gasteiger partial charge on any atom is 0.252 e. The van der Waals surface area contributed by atoms with Gasteiger partial charge in [-0.25, -0.2) is 0 Å². The lowest BCUT2D eigenvalue weighted by Gasteiger charge is -2.23. The number of hydrogen-bond acceptors (Lipinski definition) is 4. The van der Waals surface area contributed by atoms with Crippen LogP contribution in [0.15, 0.2) is 11.4 Å². The van der Waals surface area contributed by atoms with E-state index in [4.69, 9.17) is 4.74 Å². The molecule has 4 nitrogen and oxygen atoms in total. The topological polar surface area (TPSA) is 50.4 Å². The lowest BCUT2D eigenvalue weighted by molar-refractivity contribution is 0.0774. The first kappa shape index (κ1) is 15.6. The molecular formula is C18H26N2O2S. The van der Waals surface area contributed by atoms with Gasteiger partial charge in [0.15, 0.2) is 0 Å². The number of amides is 1. The molecule has 1 aromatic heterocycles. The zero-order chi connectivity index (χ0) is 15.6. The summed E-state index contributed by atoms with van der Waals surface area (Å²) < 4.78 is 5.41. The predicted octanol–water partition coefficient (Wildman–Crippen LogP) is 3.05. The monoisotopic (exact) mass is 334 g/mol. The van der Waals surface area contributed by atoms with Crippen molar-refractivity contribution in [1.29, 1.82) is 0 Å². The highest BCUT2D eigenvalue weighted by atomic mass is 32.1. The van der Waals surface area contributed by atoms with E-state index in [-0.39, 0.29) is 5.91 Å². The van der Waals surface area contributed by atoms with Crippen molar-refractivity contribution in [3.63, 3.8) is 0 Å². The molecule has 3 fully saturated rings. The fraction of sp³-hybridized carbons (Fsp3) is 0.722. The van der Waals surface area contributed by atoms with Crippen LogP contribution < -0.4 is 10.6 Å². The lowest BCUT2D eigenvalue weighted by atomic mass is 10.1. The molecule has 5 heteroatoms. The summed E-state index contributed by atoms with van der Waals surface area (Å²) in [6.07, 6.45) is 8.25. The Hall–Kier alpha value is -0.910. The second-order valence-corrected chi connectivity index (χ2v) is 8.14. The van der Waals surface area contributed by atoms with Crippen molar-refractivity contribution in [3.8, 4) is 0 Å². The van der Waals surface area contributed by atoms with E-state index < -0.39 is 0 Å². The molecule has 4 rings (SSSR count). The largest absolute Gasteiger partial charge is 0.381 e. The van der Waals surface area contributed by atoms with Crippen molar-refractivity contribution in [2.75, 3.05) is 13.2 Å². The van der Waals surface area contributed by atoms with Crippen LogP contribution in [0, 0.1) is 0 Å². The van der Waals surface area contributed by atoms with E-state index in [0.29, 0.717) is 24.0 Å². The highest BCUT2D eigenvalue weighted by Gasteiger charge is 2.40. The van der Waals surface area contributed by atoms with Crippen LogP contribution in [0.2, 0.25) is 0 Å². The summed E-state index contributed by atoms with van der Waals surface area (Å²) >= 11 is 1.75. The van der Waals surface area contributed by atoms with E-state index in [1.54, 1.807) is 11.3 Å². The SMILES string of the molecule is O=C(NC1CCCC1)c1csc([C@H]2C[C@H]2NC2CCOCC2)c1. The maximum atomic E-state index is 12.3. The Morgan fingerprint density at radius 3 is 2.70 bits per heavy atom. The number of rotatable bonds is 5. The van der Waals surface area contributed by atoms with Gasteiger partial charge in [-0.05, 0) is 38.2 Å². The van der Waals surface area contributed by atoms with Crippen LogP contribution in [-0.4, -0.2) is 37.2 Å². The molecule has 1 aromatic rings. The first-order valence-electron chi connectivity index (χ1n) is 9.02. The van der Waals surface area contributed by atoms with Gasteiger partial charge in [0.25, 0.3) is 5.91 Å². The quantitative estimate of drug-likeness (QED) is 0.870. The van der Waals surface area contributed by atoms with Crippen molar-refractivity contribution in [3.05, 3.63) is 21.9 Å². The molecule has 0 bridgehead atoms. The van der Waals surface area contributed by atoms with Crippen LogP contribution in [0.3, 0.4) is 0 Å². The first-order valence-corrected chi connectivity index (χ1v) is 9.90. The number of hydrogen-bond donors (Lipinski definition) is 2. The zero-order valence-electron chi connectivity index (χ0n) is 13.6. The Kier molecular flexibility index (Phi) is 4.69. The van der Waals surface area contributed by atoms with Crippen molar-refractivity contribution in [2.24, 2.45) is 0 Å². The number of nitrogens with one attached hydrogen (secondary N) is 2. The molecule has 2 N–H and O–H groups in total. The van der Waals surface area contributed by atoms with Crippen molar-refractivity contribution >= 4 is 17.2 Å². The Morgan fingerprint density at radius 2 is 1.91 bits per heavy atom. The van der Waals surface area contributed by atoms with Crippen LogP contribution in [0.1, 0.15) is 66.1 Å². The molecule has 1 saturated heterocycles. The molecule has 0 spiro atoms. The van der Waals surface area contributed by atoms with Crippen LogP contribution in [0.5, 0.6) is 0 Å². The van der Waals surface area contributed by atoms with Gasteiger partial charge >= 0.3 is 0 Å². The van der Waals surface area contributed by atoms with Gasteiger partial charge in [0, 0.05) is 47.5 Å². The van der Waals surface area contributed by atoms with Crippen molar-refractivity contribution in [2.45, 2.75) is 69.0 Å². The van der Waals surface area contributed by atoms with E-state index in [1.807, 2.05) is 5.38 Å². The molecule has 0 aromatic carbocycles. The molecule has 2 aliphatic carbocycles. The molecule has 1 aliphatic heterocycles. The Morgan fingerprint density at radius 1 is 1.13 bits per heavy atom. The average Bonchev–Trinajstić information content (AvgIpc) is 2.98. The van der Waals surface area contributed by atoms with Crippen molar-refractivity contribution < 1.29 is 9.53 Å². The van der Waals surface area contributed by atoms with E-state index in [0.717, 1.165) is 44.5 Å². The van der Waals surface area contributed by atoms with Crippen LogP contribution in [0.25, 0.3) is 0 Å². The highest BCUT2D eigenvalue weighted by molar-refractivity contribution is 7.10. The number of carbonyl (C=O) groups is 1. The average molecular weight is 334 g/mol. The minimum Gasteiger partial charge on any atom is -0.381 e. The van der Waals surface area contributed by atoms with Gasteiger partial charge in [-0.15, -0.1) is 11.3 Å². The second kappa shape index (κ2) is 6.91. The summed E-state index contributed by atoms with van der Waals surface area (Å²) in [5.41, 5.74) is 0.855. The van der Waals surface area contributed by atoms with E-state index in [2.05, 4.69) is 16.7 Å². The second-order valence-electron chi connectivity index (χ2n) is 7.19. The van der Waals surface area contributed by atoms with Crippen LogP contribution >= 0.6 is 11.3 Å². The van der Waals surface area contributed by atoms with Crippen LogP contribution in [0.4, 0.5) is 0 Å². The summed E-state index contributed by atoms with van der Waals surface area (Å²) in [6, 6.07) is 3.73. The minimum absolute atomic E-state index is 0.119. The lowest BCUT2D eigenvalue weighted by Crippen LogP contribution is -2.36. The van der Waals surface area contributed by atoms with E-state index in [1.165, 1.54) is 24.1 Å². The molecule has 23 heavy (non-hydrogen) atoms. The molecule has 3 aliphatic rings. The van der Waals surface area contributed by atoms with E-state index in [9.17, 15) is 4.79 Å². The molecule has 2 heterocycles. The third-order valence-corrected chi connectivity index (χ3v) is 6.46. The molecule has 126 valence electrons. The minimum atomic E-state index is 0.119. The van der Waals surface area contributed by atoms with E-state index >= 15 is 0 Å². The number of carbonyl (C=O) groups excluding carboxylic acids is 1. The van der Waals surface area contributed by atoms with Gasteiger partial charge in [0.05, 0.1) is 5.56 Å². The smallest absolute Gasteiger partial charge is 0.252 e. The first-order chi connectivity index (χ1) is 11.3. The van der Waals surface area contributed by atoms with Gasteiger partial charge in [0.1, 0.15) is 0 Å². The van der Waals surface area contributed by atoms with Gasteiger partial charge in [-0.1, -0.05) is 12.8 Å². The summed E-state index contributed by atoms with van der Waals surface area (Å²) in [4.78, 5) is 13.7. The fourth-order valence-electron chi connectivity index (χ4n) is 3.87. The maximum absolute atomic E-state index is 12.3. The number of ether oxygens (including phenoxy) is 1. The molecular weight excluding hydrogens is 308 g/mol. The normalized spacial score (nSPS) is 28.9. The summed E-state index contributed by atoms with van der Waals surface area (Å²) in [6.45, 7) is 1.78. The summed E-state index contributed by atoms with van der Waals surface area (Å²) in [5.74, 6) is 0.727. The molecule has 2 saturated carbocycles. The van der Waals surface area contributed by atoms with Gasteiger partial charge < -0.3 is 15.4 Å². The number of thiophene rings is 1. The highest BCUT2D eigenvalue weighted by Crippen LogP contribution is 2.44. The Balaban J connectivity index is 1.29. The molecule has 2 atom stereocenters.